The molecule has 1 amide bonds. The van der Waals surface area contributed by atoms with Gasteiger partial charge in [0.2, 0.25) is 0 Å². The predicted octanol–water partition coefficient (Wildman–Crippen LogP) is 6.48. The second-order valence-corrected chi connectivity index (χ2v) is 14.7. The topological polar surface area (TPSA) is 73.8 Å². The molecule has 1 aliphatic carbocycles. The zero-order chi connectivity index (χ0) is 31.4. The summed E-state index contributed by atoms with van der Waals surface area (Å²) in [7, 11) is 0. The second kappa shape index (κ2) is 14.0. The van der Waals surface area contributed by atoms with Crippen molar-refractivity contribution in [1.29, 1.82) is 0 Å². The van der Waals surface area contributed by atoms with E-state index in [0.717, 1.165) is 38.4 Å². The summed E-state index contributed by atoms with van der Waals surface area (Å²) in [5.74, 6) is -1.40. The van der Waals surface area contributed by atoms with Crippen molar-refractivity contribution in [3.63, 3.8) is 0 Å². The molecule has 0 aromatic heterocycles. The van der Waals surface area contributed by atoms with E-state index in [0.29, 0.717) is 11.6 Å². The number of carbonyl (C=O) groups is 1. The van der Waals surface area contributed by atoms with E-state index < -0.39 is 35.5 Å². The minimum absolute atomic E-state index is 0.00482. The number of fused-ring (bicyclic) bond motifs is 1. The van der Waals surface area contributed by atoms with Gasteiger partial charge in [-0.05, 0) is 112 Å². The summed E-state index contributed by atoms with van der Waals surface area (Å²) >= 11 is 0. The minimum atomic E-state index is -1.04. The fraction of sp³-hybridized carbons (Fsp3) is 0.629. The number of carbonyl (C=O) groups excluding carboxylic acids is 1. The van der Waals surface area contributed by atoms with Gasteiger partial charge in [0.25, 0.3) is 0 Å². The maximum Gasteiger partial charge on any atom is 0.407 e. The van der Waals surface area contributed by atoms with Crippen LogP contribution in [0.15, 0.2) is 36.4 Å². The number of halogens is 2. The van der Waals surface area contributed by atoms with Gasteiger partial charge in [0.15, 0.2) is 0 Å². The first-order valence-corrected chi connectivity index (χ1v) is 15.9. The van der Waals surface area contributed by atoms with E-state index >= 15 is 0 Å². The number of hydrogen-bond donors (Lipinski definition) is 3. The molecule has 0 saturated carbocycles. The van der Waals surface area contributed by atoms with Gasteiger partial charge in [0.05, 0.1) is 12.1 Å². The number of hydrogen-bond acceptors (Lipinski definition) is 5. The lowest BCUT2D eigenvalue weighted by Gasteiger charge is -2.43. The molecule has 4 unspecified atom stereocenters. The lowest BCUT2D eigenvalue weighted by atomic mass is 9.79. The Bertz CT molecular complexity index is 1210. The van der Waals surface area contributed by atoms with Crippen LogP contribution in [0.3, 0.4) is 0 Å². The number of amides is 1. The summed E-state index contributed by atoms with van der Waals surface area (Å²) in [5, 5.41) is 18.0. The van der Waals surface area contributed by atoms with Crippen LogP contribution in [0.25, 0.3) is 0 Å². The molecule has 4 rings (SSSR count). The first-order valence-electron chi connectivity index (χ1n) is 15.9. The van der Waals surface area contributed by atoms with E-state index in [2.05, 4.69) is 54.5 Å². The number of ether oxygens (including phenoxy) is 1. The van der Waals surface area contributed by atoms with Crippen molar-refractivity contribution in [2.24, 2.45) is 5.41 Å². The average molecular weight is 600 g/mol. The Morgan fingerprint density at radius 1 is 1.00 bits per heavy atom. The molecule has 1 aliphatic heterocycles. The Morgan fingerprint density at radius 3 is 2.30 bits per heavy atom. The van der Waals surface area contributed by atoms with Crippen LogP contribution in [-0.2, 0) is 24.0 Å². The van der Waals surface area contributed by atoms with Gasteiger partial charge in [-0.3, -0.25) is 4.90 Å². The lowest BCUT2D eigenvalue weighted by Crippen LogP contribution is -2.53. The summed E-state index contributed by atoms with van der Waals surface area (Å²) in [4.78, 5) is 15.4. The highest BCUT2D eigenvalue weighted by molar-refractivity contribution is 5.68. The minimum Gasteiger partial charge on any atom is -0.444 e. The van der Waals surface area contributed by atoms with Crippen LogP contribution >= 0.6 is 0 Å². The fourth-order valence-electron chi connectivity index (χ4n) is 6.57. The normalized spacial score (nSPS) is 21.1. The monoisotopic (exact) mass is 599 g/mol. The fourth-order valence-corrected chi connectivity index (χ4v) is 6.57. The van der Waals surface area contributed by atoms with E-state index in [1.54, 1.807) is 20.8 Å². The zero-order valence-corrected chi connectivity index (χ0v) is 26.8. The highest BCUT2D eigenvalue weighted by atomic mass is 19.1. The summed E-state index contributed by atoms with van der Waals surface area (Å²) in [6, 6.07) is 9.59. The molecule has 0 bridgehead atoms. The van der Waals surface area contributed by atoms with Gasteiger partial charge in [-0.1, -0.05) is 45.4 Å². The summed E-state index contributed by atoms with van der Waals surface area (Å²) in [6.45, 7) is 14.3. The van der Waals surface area contributed by atoms with E-state index in [1.807, 2.05) is 0 Å². The number of rotatable bonds is 9. The van der Waals surface area contributed by atoms with Crippen molar-refractivity contribution >= 4 is 6.09 Å². The van der Waals surface area contributed by atoms with E-state index in [1.165, 1.54) is 48.1 Å². The van der Waals surface area contributed by atoms with E-state index in [4.69, 9.17) is 4.74 Å². The molecule has 2 aromatic rings. The van der Waals surface area contributed by atoms with E-state index in [-0.39, 0.29) is 24.4 Å². The van der Waals surface area contributed by atoms with Crippen LogP contribution < -0.4 is 10.6 Å². The molecule has 4 atom stereocenters. The van der Waals surface area contributed by atoms with Gasteiger partial charge >= 0.3 is 6.09 Å². The first-order chi connectivity index (χ1) is 20.2. The third-order valence-corrected chi connectivity index (χ3v) is 8.33. The molecule has 0 spiro atoms. The Hall–Kier alpha value is -2.55. The van der Waals surface area contributed by atoms with Crippen LogP contribution in [0, 0.1) is 17.0 Å². The quantitative estimate of drug-likeness (QED) is 0.308. The zero-order valence-electron chi connectivity index (χ0n) is 26.8. The Balaban J connectivity index is 1.58. The standard InChI is InChI=1S/C35H51F2N3O3/c1-34(2,3)21-23-10-11-25-12-13-30(40-14-8-7-9-15-40)32(28(25)18-23)38-22-31(41)29(39-33(42)43-35(4,5)6)19-24-16-26(36)20-27(37)17-24/h10-11,16-18,20,29-32,38,41H,7-9,12-15,19,21-22H2,1-6H3,(H,39,42). The van der Waals surface area contributed by atoms with E-state index in [9.17, 15) is 18.7 Å². The highest BCUT2D eigenvalue weighted by Crippen LogP contribution is 2.36. The predicted molar refractivity (Wildman–Crippen MR) is 167 cm³/mol. The average Bonchev–Trinajstić information content (AvgIpc) is 2.89. The molecule has 3 N–H and O–H groups in total. The van der Waals surface area contributed by atoms with Crippen LogP contribution in [-0.4, -0.2) is 59.5 Å². The van der Waals surface area contributed by atoms with Crippen LogP contribution in [0.2, 0.25) is 0 Å². The number of piperidine rings is 1. The molecular formula is C35H51F2N3O3. The molecule has 2 aliphatic rings. The molecule has 1 heterocycles. The molecule has 238 valence electrons. The Morgan fingerprint density at radius 2 is 1.67 bits per heavy atom. The van der Waals surface area contributed by atoms with Gasteiger partial charge < -0.3 is 20.5 Å². The molecule has 8 heteroatoms. The number of aliphatic hydroxyl groups excluding tert-OH is 1. The Labute approximate surface area is 256 Å². The number of likely N-dealkylation sites (tertiary alicyclic amines) is 1. The number of alkyl carbamates (subject to hydrolysis) is 1. The van der Waals surface area contributed by atoms with Gasteiger partial charge in [-0.2, -0.15) is 0 Å². The van der Waals surface area contributed by atoms with Gasteiger partial charge in [-0.25, -0.2) is 13.6 Å². The molecular weight excluding hydrogens is 548 g/mol. The molecule has 0 radical (unpaired) electrons. The molecule has 6 nitrogen and oxygen atoms in total. The van der Waals surface area contributed by atoms with Crippen molar-refractivity contribution in [3.05, 3.63) is 70.3 Å². The number of aliphatic hydroxyl groups is 1. The maximum atomic E-state index is 14.0. The van der Waals surface area contributed by atoms with Crippen LogP contribution in [0.4, 0.5) is 13.6 Å². The smallest absolute Gasteiger partial charge is 0.407 e. The SMILES string of the molecule is CC(C)(C)Cc1ccc2c(c1)C(NCC(O)C(Cc1cc(F)cc(F)c1)NC(=O)OC(C)(C)C)C(N1CCCCC1)CC2. The van der Waals surface area contributed by atoms with Crippen molar-refractivity contribution in [2.45, 2.75) is 116 Å². The number of aryl methyl sites for hydroxylation is 1. The third kappa shape index (κ3) is 9.98. The summed E-state index contributed by atoms with van der Waals surface area (Å²) in [5.41, 5.74) is 3.68. The van der Waals surface area contributed by atoms with Crippen LogP contribution in [0.1, 0.15) is 95.5 Å². The number of nitrogens with one attached hydrogen (secondary N) is 2. The molecule has 1 saturated heterocycles. The number of nitrogens with zero attached hydrogens (tertiary/aromatic N) is 1. The molecule has 2 aromatic carbocycles. The van der Waals surface area contributed by atoms with Crippen molar-refractivity contribution in [2.75, 3.05) is 19.6 Å². The highest BCUT2D eigenvalue weighted by Gasteiger charge is 2.35. The number of benzene rings is 2. The summed E-state index contributed by atoms with van der Waals surface area (Å²) in [6.07, 6.45) is 4.97. The van der Waals surface area contributed by atoms with Gasteiger partial charge in [-0.15, -0.1) is 0 Å². The maximum absolute atomic E-state index is 14.0. The lowest BCUT2D eigenvalue weighted by molar-refractivity contribution is 0.0409. The van der Waals surface area contributed by atoms with Crippen LogP contribution in [0.5, 0.6) is 0 Å². The van der Waals surface area contributed by atoms with Gasteiger partial charge in [0.1, 0.15) is 17.2 Å². The molecule has 1 fully saturated rings. The second-order valence-electron chi connectivity index (χ2n) is 14.7. The van der Waals surface area contributed by atoms with Crippen molar-refractivity contribution in [1.82, 2.24) is 15.5 Å². The van der Waals surface area contributed by atoms with Crippen molar-refractivity contribution in [3.8, 4) is 0 Å². The largest absolute Gasteiger partial charge is 0.444 e. The van der Waals surface area contributed by atoms with Crippen molar-refractivity contribution < 1.29 is 23.4 Å². The van der Waals surface area contributed by atoms with Gasteiger partial charge in [0, 0.05) is 24.7 Å². The first kappa shape index (κ1) is 33.3. The third-order valence-electron chi connectivity index (χ3n) is 8.33. The Kier molecular flexibility index (Phi) is 10.9. The summed E-state index contributed by atoms with van der Waals surface area (Å²) < 4.78 is 33.5. The molecule has 43 heavy (non-hydrogen) atoms.